The Kier molecular flexibility index (Phi) is 2.79. The molecule has 2 N–H and O–H groups in total. The first kappa shape index (κ1) is 9.61. The highest BCUT2D eigenvalue weighted by Crippen LogP contribution is 2.25. The van der Waals surface area contributed by atoms with Gasteiger partial charge < -0.3 is 10.4 Å². The zero-order valence-corrected chi connectivity index (χ0v) is 8.35. The summed E-state index contributed by atoms with van der Waals surface area (Å²) in [5, 5.41) is 21.1. The van der Waals surface area contributed by atoms with Crippen LogP contribution >= 0.6 is 0 Å². The Hall–Kier alpha value is -0.940. The van der Waals surface area contributed by atoms with Gasteiger partial charge in [-0.3, -0.25) is 0 Å². The summed E-state index contributed by atoms with van der Waals surface area (Å²) in [6.45, 7) is 4.63. The molecule has 0 aliphatic carbocycles. The highest BCUT2D eigenvalue weighted by atomic mass is 16.3. The fourth-order valence-electron chi connectivity index (χ4n) is 1.93. The molecule has 0 bridgehead atoms. The van der Waals surface area contributed by atoms with Gasteiger partial charge in [0.25, 0.3) is 0 Å². The van der Waals surface area contributed by atoms with E-state index in [0.29, 0.717) is 5.92 Å². The first-order chi connectivity index (χ1) is 6.83. The van der Waals surface area contributed by atoms with Crippen LogP contribution in [0.5, 0.6) is 0 Å². The standard InChI is InChI=1S/C9H16N4O/c1-2-13-8(6-11-12-13)9(14)7-3-4-10-5-7/h6-7,9-10,14H,2-5H2,1H3. The van der Waals surface area contributed by atoms with Crippen LogP contribution in [-0.4, -0.2) is 33.2 Å². The van der Waals surface area contributed by atoms with Crippen molar-refractivity contribution in [1.29, 1.82) is 0 Å². The van der Waals surface area contributed by atoms with E-state index in [9.17, 15) is 5.11 Å². The van der Waals surface area contributed by atoms with Gasteiger partial charge in [0.1, 0.15) is 6.10 Å². The molecule has 2 unspecified atom stereocenters. The number of hydrogen-bond donors (Lipinski definition) is 2. The maximum absolute atomic E-state index is 10.1. The molecule has 0 aromatic carbocycles. The van der Waals surface area contributed by atoms with Crippen molar-refractivity contribution < 1.29 is 5.11 Å². The SMILES string of the molecule is CCn1nncc1C(O)C1CCNC1. The topological polar surface area (TPSA) is 63.0 Å². The summed E-state index contributed by atoms with van der Waals surface area (Å²) < 4.78 is 1.75. The minimum atomic E-state index is -0.431. The van der Waals surface area contributed by atoms with Crippen molar-refractivity contribution >= 4 is 0 Å². The summed E-state index contributed by atoms with van der Waals surface area (Å²) in [5.74, 6) is 0.304. The molecule has 2 atom stereocenters. The zero-order chi connectivity index (χ0) is 9.97. The van der Waals surface area contributed by atoms with Crippen LogP contribution in [0, 0.1) is 5.92 Å². The summed E-state index contributed by atoms with van der Waals surface area (Å²) >= 11 is 0. The molecule has 2 rings (SSSR count). The summed E-state index contributed by atoms with van der Waals surface area (Å²) in [6.07, 6.45) is 2.25. The van der Waals surface area contributed by atoms with Crippen molar-refractivity contribution in [2.75, 3.05) is 13.1 Å². The molecule has 1 fully saturated rings. The number of rotatable bonds is 3. The normalized spacial score (nSPS) is 24.0. The first-order valence-electron chi connectivity index (χ1n) is 5.10. The van der Waals surface area contributed by atoms with Gasteiger partial charge in [-0.2, -0.15) is 0 Å². The molecule has 1 aliphatic heterocycles. The van der Waals surface area contributed by atoms with Crippen LogP contribution < -0.4 is 5.32 Å². The molecular formula is C9H16N4O. The van der Waals surface area contributed by atoms with Crippen LogP contribution in [0.3, 0.4) is 0 Å². The Morgan fingerprint density at radius 1 is 1.79 bits per heavy atom. The van der Waals surface area contributed by atoms with E-state index in [-0.39, 0.29) is 0 Å². The maximum atomic E-state index is 10.1. The number of aliphatic hydroxyl groups is 1. The summed E-state index contributed by atoms with van der Waals surface area (Å²) in [5.41, 5.74) is 0.834. The van der Waals surface area contributed by atoms with E-state index in [4.69, 9.17) is 0 Å². The fourth-order valence-corrected chi connectivity index (χ4v) is 1.93. The minimum Gasteiger partial charge on any atom is -0.386 e. The van der Waals surface area contributed by atoms with Crippen LogP contribution in [0.1, 0.15) is 25.1 Å². The third-order valence-electron chi connectivity index (χ3n) is 2.80. The van der Waals surface area contributed by atoms with Gasteiger partial charge in [-0.05, 0) is 19.9 Å². The smallest absolute Gasteiger partial charge is 0.101 e. The fraction of sp³-hybridized carbons (Fsp3) is 0.778. The Balaban J connectivity index is 2.12. The molecule has 78 valence electrons. The number of aromatic nitrogens is 3. The van der Waals surface area contributed by atoms with E-state index in [1.165, 1.54) is 0 Å². The minimum absolute atomic E-state index is 0.304. The van der Waals surface area contributed by atoms with E-state index >= 15 is 0 Å². The molecule has 5 heteroatoms. The molecule has 0 radical (unpaired) electrons. The first-order valence-corrected chi connectivity index (χ1v) is 5.10. The second-order valence-corrected chi connectivity index (χ2v) is 3.67. The van der Waals surface area contributed by atoms with Gasteiger partial charge in [0, 0.05) is 19.0 Å². The lowest BCUT2D eigenvalue weighted by Crippen LogP contribution is -2.19. The van der Waals surface area contributed by atoms with Gasteiger partial charge in [0.15, 0.2) is 0 Å². The summed E-state index contributed by atoms with van der Waals surface area (Å²) in [7, 11) is 0. The lowest BCUT2D eigenvalue weighted by atomic mass is 9.99. The van der Waals surface area contributed by atoms with Crippen LogP contribution in [0.25, 0.3) is 0 Å². The van der Waals surface area contributed by atoms with Gasteiger partial charge in [0.2, 0.25) is 0 Å². The molecule has 0 amide bonds. The predicted octanol–water partition coefficient (Wildman–Crippen LogP) is -0.0591. The van der Waals surface area contributed by atoms with Crippen molar-refractivity contribution in [1.82, 2.24) is 20.3 Å². The van der Waals surface area contributed by atoms with E-state index in [1.54, 1.807) is 10.9 Å². The molecule has 0 spiro atoms. The van der Waals surface area contributed by atoms with Gasteiger partial charge in [-0.1, -0.05) is 5.21 Å². The van der Waals surface area contributed by atoms with Gasteiger partial charge in [-0.15, -0.1) is 5.10 Å². The van der Waals surface area contributed by atoms with Gasteiger partial charge in [-0.25, -0.2) is 4.68 Å². The van der Waals surface area contributed by atoms with E-state index in [0.717, 1.165) is 31.7 Å². The van der Waals surface area contributed by atoms with Crippen LogP contribution in [0.2, 0.25) is 0 Å². The number of nitrogens with one attached hydrogen (secondary N) is 1. The third-order valence-corrected chi connectivity index (χ3v) is 2.80. The number of nitrogens with zero attached hydrogens (tertiary/aromatic N) is 3. The Morgan fingerprint density at radius 3 is 3.29 bits per heavy atom. The zero-order valence-electron chi connectivity index (χ0n) is 8.35. The van der Waals surface area contributed by atoms with Gasteiger partial charge in [0.05, 0.1) is 11.9 Å². The predicted molar refractivity (Wildman–Crippen MR) is 51.6 cm³/mol. The molecule has 2 heterocycles. The van der Waals surface area contributed by atoms with Crippen molar-refractivity contribution in [3.8, 4) is 0 Å². The Labute approximate surface area is 83.1 Å². The lowest BCUT2D eigenvalue weighted by molar-refractivity contribution is 0.109. The quantitative estimate of drug-likeness (QED) is 0.711. The van der Waals surface area contributed by atoms with Crippen molar-refractivity contribution in [2.45, 2.75) is 26.0 Å². The molecule has 5 nitrogen and oxygen atoms in total. The van der Waals surface area contributed by atoms with Crippen molar-refractivity contribution in [2.24, 2.45) is 5.92 Å². The van der Waals surface area contributed by atoms with Crippen LogP contribution in [0.4, 0.5) is 0 Å². The van der Waals surface area contributed by atoms with Crippen LogP contribution in [-0.2, 0) is 6.54 Å². The second-order valence-electron chi connectivity index (χ2n) is 3.67. The average Bonchev–Trinajstić information content (AvgIpc) is 2.87. The molecule has 0 saturated carbocycles. The highest BCUT2D eigenvalue weighted by molar-refractivity contribution is 5.02. The van der Waals surface area contributed by atoms with Crippen molar-refractivity contribution in [3.63, 3.8) is 0 Å². The highest BCUT2D eigenvalue weighted by Gasteiger charge is 2.26. The molecule has 1 aromatic heterocycles. The summed E-state index contributed by atoms with van der Waals surface area (Å²) in [6, 6.07) is 0. The lowest BCUT2D eigenvalue weighted by Gasteiger charge is -2.16. The maximum Gasteiger partial charge on any atom is 0.101 e. The Bertz CT molecular complexity index is 293. The van der Waals surface area contributed by atoms with E-state index < -0.39 is 6.10 Å². The van der Waals surface area contributed by atoms with Gasteiger partial charge >= 0.3 is 0 Å². The molecule has 1 aliphatic rings. The third kappa shape index (κ3) is 1.65. The van der Waals surface area contributed by atoms with Crippen molar-refractivity contribution in [3.05, 3.63) is 11.9 Å². The average molecular weight is 196 g/mol. The number of aryl methyl sites for hydroxylation is 1. The molecule has 1 aromatic rings. The second kappa shape index (κ2) is 4.06. The molecular weight excluding hydrogens is 180 g/mol. The molecule has 1 saturated heterocycles. The van der Waals surface area contributed by atoms with Crippen LogP contribution in [0.15, 0.2) is 6.20 Å². The van der Waals surface area contributed by atoms with E-state index in [2.05, 4.69) is 15.6 Å². The number of aliphatic hydroxyl groups excluding tert-OH is 1. The van der Waals surface area contributed by atoms with E-state index in [1.807, 2.05) is 6.92 Å². The number of hydrogen-bond acceptors (Lipinski definition) is 4. The molecule has 14 heavy (non-hydrogen) atoms. The summed E-state index contributed by atoms with van der Waals surface area (Å²) in [4.78, 5) is 0. The Morgan fingerprint density at radius 2 is 2.64 bits per heavy atom. The largest absolute Gasteiger partial charge is 0.386 e. The monoisotopic (exact) mass is 196 g/mol.